The number of nitrogens with one attached hydrogen (secondary N) is 1. The van der Waals surface area contributed by atoms with E-state index in [4.69, 9.17) is 9.47 Å². The predicted octanol–water partition coefficient (Wildman–Crippen LogP) is 5.17. The standard InChI is InChI=1S/C25H25N3O3/c1-15-11-12-26-22(13-15)28-23(18-8-10-20(30-3)21(14-18)31-4)19-9-7-17-6-5-16(2)27-24(17)25(19)29/h5-14,23,29H,1-4H3,(H,26,28)/t23-/m1/s1. The summed E-state index contributed by atoms with van der Waals surface area (Å²) in [6.07, 6.45) is 1.76. The second-order valence-corrected chi connectivity index (χ2v) is 7.44. The van der Waals surface area contributed by atoms with Crippen LogP contribution in [0.15, 0.2) is 60.8 Å². The van der Waals surface area contributed by atoms with Crippen LogP contribution in [0.5, 0.6) is 17.2 Å². The number of aryl methyl sites for hydroxylation is 2. The highest BCUT2D eigenvalue weighted by atomic mass is 16.5. The van der Waals surface area contributed by atoms with Crippen molar-refractivity contribution in [2.75, 3.05) is 19.5 Å². The first-order valence-corrected chi connectivity index (χ1v) is 10.0. The number of ether oxygens (including phenoxy) is 2. The number of hydrogen-bond acceptors (Lipinski definition) is 6. The third kappa shape index (κ3) is 4.10. The Hall–Kier alpha value is -3.80. The Morgan fingerprint density at radius 3 is 2.42 bits per heavy atom. The summed E-state index contributed by atoms with van der Waals surface area (Å²) >= 11 is 0. The van der Waals surface area contributed by atoms with E-state index in [1.54, 1.807) is 20.4 Å². The Labute approximate surface area is 181 Å². The first kappa shape index (κ1) is 20.5. The summed E-state index contributed by atoms with van der Waals surface area (Å²) in [5, 5.41) is 15.5. The van der Waals surface area contributed by atoms with E-state index in [0.717, 1.165) is 22.2 Å². The molecule has 4 aromatic rings. The van der Waals surface area contributed by atoms with Crippen molar-refractivity contribution in [2.45, 2.75) is 19.9 Å². The Balaban J connectivity index is 1.88. The fraction of sp³-hybridized carbons (Fsp3) is 0.200. The molecule has 0 saturated heterocycles. The molecule has 2 heterocycles. The summed E-state index contributed by atoms with van der Waals surface area (Å²) in [6.45, 7) is 3.92. The fourth-order valence-electron chi connectivity index (χ4n) is 3.66. The molecule has 6 nitrogen and oxygen atoms in total. The van der Waals surface area contributed by atoms with Crippen molar-refractivity contribution >= 4 is 16.7 Å². The second kappa shape index (κ2) is 8.52. The average molecular weight is 415 g/mol. The third-order valence-electron chi connectivity index (χ3n) is 5.27. The number of aromatic hydroxyl groups is 1. The molecular formula is C25H25N3O3. The molecule has 0 saturated carbocycles. The lowest BCUT2D eigenvalue weighted by Gasteiger charge is -2.23. The number of rotatable bonds is 6. The molecule has 4 rings (SSSR count). The first-order valence-electron chi connectivity index (χ1n) is 10.0. The lowest BCUT2D eigenvalue weighted by Crippen LogP contribution is -2.14. The molecule has 31 heavy (non-hydrogen) atoms. The topological polar surface area (TPSA) is 76.5 Å². The molecule has 0 radical (unpaired) electrons. The van der Waals surface area contributed by atoms with Gasteiger partial charge in [0.25, 0.3) is 0 Å². The number of phenols is 1. The van der Waals surface area contributed by atoms with Gasteiger partial charge in [0, 0.05) is 22.8 Å². The second-order valence-electron chi connectivity index (χ2n) is 7.44. The Morgan fingerprint density at radius 1 is 0.903 bits per heavy atom. The SMILES string of the molecule is COc1ccc([C@@H](Nc2cc(C)ccn2)c2ccc3ccc(C)nc3c2O)cc1OC. The number of pyridine rings is 2. The number of hydrogen-bond donors (Lipinski definition) is 2. The molecule has 2 aromatic carbocycles. The molecule has 0 aliphatic rings. The van der Waals surface area contributed by atoms with E-state index in [0.29, 0.717) is 28.4 Å². The van der Waals surface area contributed by atoms with E-state index in [-0.39, 0.29) is 11.8 Å². The van der Waals surface area contributed by atoms with Gasteiger partial charge in [-0.3, -0.25) is 0 Å². The van der Waals surface area contributed by atoms with Gasteiger partial charge in [0.1, 0.15) is 17.1 Å². The smallest absolute Gasteiger partial charge is 0.161 e. The zero-order chi connectivity index (χ0) is 22.0. The van der Waals surface area contributed by atoms with Crippen LogP contribution in [0, 0.1) is 13.8 Å². The van der Waals surface area contributed by atoms with E-state index in [2.05, 4.69) is 15.3 Å². The normalized spacial score (nSPS) is 11.9. The van der Waals surface area contributed by atoms with E-state index in [9.17, 15) is 5.11 Å². The van der Waals surface area contributed by atoms with Crippen LogP contribution in [0.2, 0.25) is 0 Å². The fourth-order valence-corrected chi connectivity index (χ4v) is 3.66. The molecular weight excluding hydrogens is 390 g/mol. The highest BCUT2D eigenvalue weighted by Crippen LogP contribution is 2.39. The van der Waals surface area contributed by atoms with Crippen LogP contribution in [0.1, 0.15) is 28.4 Å². The Kier molecular flexibility index (Phi) is 5.62. The third-order valence-corrected chi connectivity index (χ3v) is 5.27. The number of anilines is 1. The number of aromatic nitrogens is 2. The van der Waals surface area contributed by atoms with Gasteiger partial charge in [-0.2, -0.15) is 0 Å². The van der Waals surface area contributed by atoms with Gasteiger partial charge >= 0.3 is 0 Å². The monoisotopic (exact) mass is 415 g/mol. The zero-order valence-electron chi connectivity index (χ0n) is 18.0. The molecule has 0 fully saturated rings. The lowest BCUT2D eigenvalue weighted by molar-refractivity contribution is 0.354. The van der Waals surface area contributed by atoms with E-state index in [1.165, 1.54) is 0 Å². The van der Waals surface area contributed by atoms with Gasteiger partial charge in [-0.1, -0.05) is 24.3 Å². The molecule has 0 bridgehead atoms. The van der Waals surface area contributed by atoms with Crippen molar-refractivity contribution in [3.05, 3.63) is 83.2 Å². The summed E-state index contributed by atoms with van der Waals surface area (Å²) < 4.78 is 10.9. The molecule has 158 valence electrons. The van der Waals surface area contributed by atoms with E-state index < -0.39 is 0 Å². The summed E-state index contributed by atoms with van der Waals surface area (Å²) in [6, 6.07) is 17.0. The lowest BCUT2D eigenvalue weighted by atomic mass is 9.95. The van der Waals surface area contributed by atoms with Crippen molar-refractivity contribution in [2.24, 2.45) is 0 Å². The summed E-state index contributed by atoms with van der Waals surface area (Å²) in [5.74, 6) is 2.09. The molecule has 1 atom stereocenters. The minimum Gasteiger partial charge on any atom is -0.505 e. The van der Waals surface area contributed by atoms with Crippen LogP contribution in [-0.2, 0) is 0 Å². The largest absolute Gasteiger partial charge is 0.505 e. The maximum absolute atomic E-state index is 11.2. The molecule has 2 N–H and O–H groups in total. The minimum atomic E-state index is -0.388. The quantitative estimate of drug-likeness (QED) is 0.452. The number of nitrogens with zero attached hydrogens (tertiary/aromatic N) is 2. The molecule has 0 amide bonds. The first-order chi connectivity index (χ1) is 15.0. The minimum absolute atomic E-state index is 0.140. The van der Waals surface area contributed by atoms with Crippen molar-refractivity contribution < 1.29 is 14.6 Å². The van der Waals surface area contributed by atoms with Crippen molar-refractivity contribution in [1.29, 1.82) is 0 Å². The predicted molar refractivity (Wildman–Crippen MR) is 122 cm³/mol. The van der Waals surface area contributed by atoms with E-state index >= 15 is 0 Å². The highest BCUT2D eigenvalue weighted by Gasteiger charge is 2.22. The number of benzene rings is 2. The zero-order valence-corrected chi connectivity index (χ0v) is 18.0. The van der Waals surface area contributed by atoms with Crippen molar-refractivity contribution in [3.8, 4) is 17.2 Å². The van der Waals surface area contributed by atoms with E-state index in [1.807, 2.05) is 68.4 Å². The van der Waals surface area contributed by atoms with Gasteiger partial charge in [0.2, 0.25) is 0 Å². The molecule has 0 spiro atoms. The van der Waals surface area contributed by atoms with Crippen LogP contribution in [0.3, 0.4) is 0 Å². The van der Waals surface area contributed by atoms with Crippen LogP contribution in [0.25, 0.3) is 10.9 Å². The van der Waals surface area contributed by atoms with Gasteiger partial charge in [-0.15, -0.1) is 0 Å². The number of fused-ring (bicyclic) bond motifs is 1. The van der Waals surface area contributed by atoms with Crippen molar-refractivity contribution in [3.63, 3.8) is 0 Å². The van der Waals surface area contributed by atoms with Gasteiger partial charge in [-0.05, 0) is 55.3 Å². The van der Waals surface area contributed by atoms with Crippen molar-refractivity contribution in [1.82, 2.24) is 9.97 Å². The Morgan fingerprint density at radius 2 is 1.68 bits per heavy atom. The molecule has 0 aliphatic carbocycles. The summed E-state index contributed by atoms with van der Waals surface area (Å²) in [5.41, 5.74) is 4.09. The van der Waals surface area contributed by atoms with Crippen LogP contribution >= 0.6 is 0 Å². The number of methoxy groups -OCH3 is 2. The van der Waals surface area contributed by atoms with Gasteiger partial charge < -0.3 is 19.9 Å². The average Bonchev–Trinajstić information content (AvgIpc) is 2.78. The molecule has 6 heteroatoms. The molecule has 2 aromatic heterocycles. The maximum Gasteiger partial charge on any atom is 0.161 e. The highest BCUT2D eigenvalue weighted by molar-refractivity contribution is 5.86. The summed E-state index contributed by atoms with van der Waals surface area (Å²) in [4.78, 5) is 9.00. The molecule has 0 aliphatic heterocycles. The van der Waals surface area contributed by atoms with Crippen LogP contribution in [-0.4, -0.2) is 29.3 Å². The maximum atomic E-state index is 11.2. The van der Waals surface area contributed by atoms with Gasteiger partial charge in [0.05, 0.1) is 20.3 Å². The summed E-state index contributed by atoms with van der Waals surface area (Å²) in [7, 11) is 3.21. The van der Waals surface area contributed by atoms with Crippen LogP contribution in [0.4, 0.5) is 5.82 Å². The molecule has 0 unspecified atom stereocenters. The van der Waals surface area contributed by atoms with Gasteiger partial charge in [-0.25, -0.2) is 9.97 Å². The number of phenolic OH excluding ortho intramolecular Hbond substituents is 1. The van der Waals surface area contributed by atoms with Gasteiger partial charge in [0.15, 0.2) is 11.5 Å². The van der Waals surface area contributed by atoms with Crippen LogP contribution < -0.4 is 14.8 Å². The Bertz CT molecular complexity index is 1240.